The molecule has 2 N–H and O–H groups in total. The highest BCUT2D eigenvalue weighted by Gasteiger charge is 2.11. The Labute approximate surface area is 251 Å². The highest BCUT2D eigenvalue weighted by molar-refractivity contribution is 5.69. The van der Waals surface area contributed by atoms with Crippen molar-refractivity contribution >= 4 is 11.9 Å². The van der Waals surface area contributed by atoms with E-state index in [0.717, 1.165) is 32.1 Å². The van der Waals surface area contributed by atoms with Gasteiger partial charge in [0.05, 0.1) is 6.10 Å². The summed E-state index contributed by atoms with van der Waals surface area (Å²) in [6, 6.07) is 0. The van der Waals surface area contributed by atoms with Gasteiger partial charge < -0.3 is 19.7 Å². The molecule has 0 aliphatic rings. The molecule has 0 aliphatic heterocycles. The Morgan fingerprint density at radius 2 is 1.15 bits per heavy atom. The molecule has 0 aromatic heterocycles. The van der Waals surface area contributed by atoms with Crippen LogP contribution in [0.2, 0.25) is 0 Å². The lowest BCUT2D eigenvalue weighted by Crippen LogP contribution is -2.25. The lowest BCUT2D eigenvalue weighted by molar-refractivity contribution is -0.152. The molecule has 6 heteroatoms. The van der Waals surface area contributed by atoms with Crippen LogP contribution in [0.1, 0.15) is 136 Å². The van der Waals surface area contributed by atoms with Gasteiger partial charge in [-0.15, -0.1) is 0 Å². The Morgan fingerprint density at radius 3 is 1.80 bits per heavy atom. The first-order valence-electron chi connectivity index (χ1n) is 16.3. The molecule has 0 saturated carbocycles. The number of rotatable bonds is 28. The fourth-order valence-electron chi connectivity index (χ4n) is 4.10. The third-order valence-corrected chi connectivity index (χ3v) is 6.65. The molecular formula is C35H60O6. The zero-order valence-electron chi connectivity index (χ0n) is 26.2. The molecule has 0 bridgehead atoms. The SMILES string of the molecule is CCCCC/C=C\C/C=C\CC(O)/C=C\C=C\CCCC(=O)OC[C@@H](O)COC(=O)CCCCCCCCCCC. The van der Waals surface area contributed by atoms with Crippen LogP contribution in [-0.2, 0) is 19.1 Å². The van der Waals surface area contributed by atoms with Gasteiger partial charge in [0.15, 0.2) is 0 Å². The maximum atomic E-state index is 11.9. The van der Waals surface area contributed by atoms with E-state index in [1.54, 1.807) is 6.08 Å². The molecule has 0 heterocycles. The second kappa shape index (κ2) is 30.8. The van der Waals surface area contributed by atoms with Crippen LogP contribution < -0.4 is 0 Å². The second-order valence-electron chi connectivity index (χ2n) is 10.8. The summed E-state index contributed by atoms with van der Waals surface area (Å²) in [4.78, 5) is 23.7. The monoisotopic (exact) mass is 576 g/mol. The summed E-state index contributed by atoms with van der Waals surface area (Å²) in [6.45, 7) is 4.09. The summed E-state index contributed by atoms with van der Waals surface area (Å²) in [7, 11) is 0. The number of esters is 2. The highest BCUT2D eigenvalue weighted by atomic mass is 16.6. The van der Waals surface area contributed by atoms with E-state index in [1.807, 2.05) is 24.3 Å². The van der Waals surface area contributed by atoms with Gasteiger partial charge in [-0.2, -0.15) is 0 Å². The lowest BCUT2D eigenvalue weighted by atomic mass is 10.1. The fourth-order valence-corrected chi connectivity index (χ4v) is 4.10. The number of aliphatic hydroxyl groups is 2. The first-order chi connectivity index (χ1) is 20.0. The van der Waals surface area contributed by atoms with E-state index in [-0.39, 0.29) is 31.6 Å². The van der Waals surface area contributed by atoms with E-state index >= 15 is 0 Å². The molecule has 0 amide bonds. The van der Waals surface area contributed by atoms with E-state index in [4.69, 9.17) is 9.47 Å². The molecule has 41 heavy (non-hydrogen) atoms. The van der Waals surface area contributed by atoms with E-state index in [2.05, 4.69) is 32.1 Å². The standard InChI is InChI=1S/C35H60O6/c1-3-5-7-9-11-13-15-18-22-26-32(36)27-23-19-17-21-25-29-35(39)41-31-33(37)30-40-34(38)28-24-20-16-14-12-10-8-6-4-2/h11,13,17-19,22-23,27,32-33,36-37H,3-10,12,14-16,20-21,24-26,28-31H2,1-2H3/b13-11-,19-17+,22-18-,27-23-/t32?,33-/m0/s1. The molecule has 0 aromatic carbocycles. The van der Waals surface area contributed by atoms with Gasteiger partial charge >= 0.3 is 11.9 Å². The van der Waals surface area contributed by atoms with Crippen LogP contribution in [0.25, 0.3) is 0 Å². The highest BCUT2D eigenvalue weighted by Crippen LogP contribution is 2.11. The molecule has 2 atom stereocenters. The molecule has 0 fully saturated rings. The molecule has 1 unspecified atom stereocenters. The van der Waals surface area contributed by atoms with E-state index in [0.29, 0.717) is 25.7 Å². The van der Waals surface area contributed by atoms with Crippen LogP contribution in [-0.4, -0.2) is 47.6 Å². The van der Waals surface area contributed by atoms with Crippen molar-refractivity contribution in [2.24, 2.45) is 0 Å². The molecule has 6 nitrogen and oxygen atoms in total. The van der Waals surface area contributed by atoms with Crippen LogP contribution in [0.5, 0.6) is 0 Å². The predicted molar refractivity (Wildman–Crippen MR) is 170 cm³/mol. The van der Waals surface area contributed by atoms with Crippen LogP contribution in [0.15, 0.2) is 48.6 Å². The van der Waals surface area contributed by atoms with Gasteiger partial charge in [-0.25, -0.2) is 0 Å². The largest absolute Gasteiger partial charge is 0.463 e. The van der Waals surface area contributed by atoms with Crippen molar-refractivity contribution in [1.82, 2.24) is 0 Å². The summed E-state index contributed by atoms with van der Waals surface area (Å²) < 4.78 is 10.2. The van der Waals surface area contributed by atoms with E-state index in [1.165, 1.54) is 57.8 Å². The van der Waals surface area contributed by atoms with Gasteiger partial charge in [-0.1, -0.05) is 127 Å². The number of unbranched alkanes of at least 4 members (excludes halogenated alkanes) is 12. The maximum Gasteiger partial charge on any atom is 0.305 e. The third kappa shape index (κ3) is 30.6. The van der Waals surface area contributed by atoms with Gasteiger partial charge in [0.25, 0.3) is 0 Å². The first-order valence-corrected chi connectivity index (χ1v) is 16.3. The smallest absolute Gasteiger partial charge is 0.305 e. The Morgan fingerprint density at radius 1 is 0.610 bits per heavy atom. The van der Waals surface area contributed by atoms with Gasteiger partial charge in [-0.05, 0) is 44.9 Å². The maximum absolute atomic E-state index is 11.9. The third-order valence-electron chi connectivity index (χ3n) is 6.65. The van der Waals surface area contributed by atoms with Crippen molar-refractivity contribution < 1.29 is 29.3 Å². The van der Waals surface area contributed by atoms with Gasteiger partial charge in [0.2, 0.25) is 0 Å². The number of allylic oxidation sites excluding steroid dienone is 6. The Bertz CT molecular complexity index is 724. The van der Waals surface area contributed by atoms with Gasteiger partial charge in [-0.3, -0.25) is 9.59 Å². The van der Waals surface area contributed by atoms with Crippen molar-refractivity contribution in [3.05, 3.63) is 48.6 Å². The minimum atomic E-state index is -1.01. The molecule has 0 radical (unpaired) electrons. The zero-order chi connectivity index (χ0) is 30.2. The Hall–Kier alpha value is -2.18. The van der Waals surface area contributed by atoms with Crippen LogP contribution in [0.4, 0.5) is 0 Å². The van der Waals surface area contributed by atoms with Crippen molar-refractivity contribution in [3.8, 4) is 0 Å². The van der Waals surface area contributed by atoms with Crippen LogP contribution in [0, 0.1) is 0 Å². The number of carbonyl (C=O) groups is 2. The average molecular weight is 577 g/mol. The molecule has 0 rings (SSSR count). The van der Waals surface area contributed by atoms with Gasteiger partial charge in [0, 0.05) is 12.8 Å². The minimum absolute atomic E-state index is 0.156. The second-order valence-corrected chi connectivity index (χ2v) is 10.8. The number of carbonyl (C=O) groups excluding carboxylic acids is 2. The van der Waals surface area contributed by atoms with Crippen molar-refractivity contribution in [2.45, 2.75) is 148 Å². The number of hydrogen-bond acceptors (Lipinski definition) is 6. The number of hydrogen-bond donors (Lipinski definition) is 2. The summed E-state index contributed by atoms with van der Waals surface area (Å²) in [6.07, 6.45) is 33.3. The van der Waals surface area contributed by atoms with Crippen molar-refractivity contribution in [3.63, 3.8) is 0 Å². The lowest BCUT2D eigenvalue weighted by Gasteiger charge is -2.12. The molecule has 0 aliphatic carbocycles. The van der Waals surface area contributed by atoms with Crippen molar-refractivity contribution in [1.29, 1.82) is 0 Å². The van der Waals surface area contributed by atoms with E-state index in [9.17, 15) is 19.8 Å². The molecular weight excluding hydrogens is 516 g/mol. The average Bonchev–Trinajstić information content (AvgIpc) is 2.96. The molecule has 0 saturated heterocycles. The number of ether oxygens (including phenoxy) is 2. The minimum Gasteiger partial charge on any atom is -0.463 e. The Balaban J connectivity index is 3.70. The molecule has 236 valence electrons. The topological polar surface area (TPSA) is 93.1 Å². The normalized spacial score (nSPS) is 13.6. The van der Waals surface area contributed by atoms with E-state index < -0.39 is 12.2 Å². The summed E-state index contributed by atoms with van der Waals surface area (Å²) >= 11 is 0. The van der Waals surface area contributed by atoms with Gasteiger partial charge in [0.1, 0.15) is 19.3 Å². The summed E-state index contributed by atoms with van der Waals surface area (Å²) in [5, 5.41) is 19.9. The van der Waals surface area contributed by atoms with Crippen LogP contribution >= 0.6 is 0 Å². The zero-order valence-corrected chi connectivity index (χ0v) is 26.2. The quantitative estimate of drug-likeness (QED) is 0.0420. The van der Waals surface area contributed by atoms with Crippen molar-refractivity contribution in [2.75, 3.05) is 13.2 Å². The Kier molecular flexibility index (Phi) is 29.1. The van der Waals surface area contributed by atoms with Crippen LogP contribution in [0.3, 0.4) is 0 Å². The molecule has 0 aromatic rings. The predicted octanol–water partition coefficient (Wildman–Crippen LogP) is 8.47. The summed E-state index contributed by atoms with van der Waals surface area (Å²) in [5.41, 5.74) is 0. The number of aliphatic hydroxyl groups excluding tert-OH is 2. The summed E-state index contributed by atoms with van der Waals surface area (Å²) in [5.74, 6) is -0.698. The fraction of sp³-hybridized carbons (Fsp3) is 0.714. The first kappa shape index (κ1) is 38.8. The molecule has 0 spiro atoms.